The molecule has 0 aliphatic rings. The Morgan fingerprint density at radius 2 is 1.57 bits per heavy atom. The van der Waals surface area contributed by atoms with Crippen molar-refractivity contribution in [2.24, 2.45) is 0 Å². The zero-order valence-electron chi connectivity index (χ0n) is 7.76. The predicted molar refractivity (Wildman–Crippen MR) is 36.6 cm³/mol. The second kappa shape index (κ2) is 10.5. The van der Waals surface area contributed by atoms with Gasteiger partial charge < -0.3 is 25.2 Å². The fourth-order valence-electron chi connectivity index (χ4n) is 0.253. The molecule has 0 amide bonds. The molecule has 0 fully saturated rings. The quantitative estimate of drug-likeness (QED) is 0.401. The number of carboxylic acid groups (broad SMARTS) is 3. The van der Waals surface area contributed by atoms with Gasteiger partial charge in [-0.15, -0.1) is 0 Å². The number of carbonyl (C=O) groups is 3. The molecule has 0 rings (SSSR count). The van der Waals surface area contributed by atoms with Gasteiger partial charge in [-0.1, -0.05) is 0 Å². The third-order valence-corrected chi connectivity index (χ3v) is 0.653. The summed E-state index contributed by atoms with van der Waals surface area (Å²) in [6.07, 6.45) is -2.54. The van der Waals surface area contributed by atoms with E-state index in [4.69, 9.17) is 25.2 Å². The van der Waals surface area contributed by atoms with Gasteiger partial charge in [0.15, 0.2) is 6.10 Å². The Kier molecular flexibility index (Phi) is 14.2. The van der Waals surface area contributed by atoms with Crippen LogP contribution in [0.5, 0.6) is 0 Å². The fourth-order valence-corrected chi connectivity index (χ4v) is 0.253. The Morgan fingerprint density at radius 1 is 1.29 bits per heavy atom. The van der Waals surface area contributed by atoms with E-state index in [9.17, 15) is 9.59 Å². The van der Waals surface area contributed by atoms with Gasteiger partial charge in [0.2, 0.25) is 0 Å². The van der Waals surface area contributed by atoms with Crippen LogP contribution in [0.4, 0.5) is 0 Å². The second-order valence-corrected chi connectivity index (χ2v) is 1.94. The van der Waals surface area contributed by atoms with Gasteiger partial charge >= 0.3 is 41.5 Å². The first-order valence-electron chi connectivity index (χ1n) is 3.07. The molecular formula is C6H9NaO7. The van der Waals surface area contributed by atoms with E-state index in [0.29, 0.717) is 0 Å². The van der Waals surface area contributed by atoms with Crippen molar-refractivity contribution in [3.05, 3.63) is 0 Å². The average molecular weight is 216 g/mol. The molecule has 0 spiro atoms. The van der Waals surface area contributed by atoms with Crippen molar-refractivity contribution in [2.75, 3.05) is 0 Å². The monoisotopic (exact) mass is 216 g/mol. The Balaban J connectivity index is -0.000000209. The third-order valence-electron chi connectivity index (χ3n) is 0.653. The molecule has 0 radical (unpaired) electrons. The minimum Gasteiger partial charge on any atom is -0.550 e. The van der Waals surface area contributed by atoms with E-state index < -0.39 is 30.4 Å². The van der Waals surface area contributed by atoms with Gasteiger partial charge in [-0.05, 0) is 6.92 Å². The van der Waals surface area contributed by atoms with Crippen molar-refractivity contribution in [2.45, 2.75) is 19.4 Å². The molecule has 8 heteroatoms. The number of hydrogen-bond donors (Lipinski definition) is 3. The number of aliphatic hydroxyl groups excluding tert-OH is 1. The maximum atomic E-state index is 9.72. The van der Waals surface area contributed by atoms with E-state index in [1.165, 1.54) is 0 Å². The number of hydrogen-bond acceptors (Lipinski definition) is 5. The summed E-state index contributed by atoms with van der Waals surface area (Å²) in [5, 5.41) is 33.0. The second-order valence-electron chi connectivity index (χ2n) is 1.94. The summed E-state index contributed by atoms with van der Waals surface area (Å²) >= 11 is 0. The number of aliphatic carboxylic acids is 3. The zero-order valence-corrected chi connectivity index (χ0v) is 9.76. The van der Waals surface area contributed by atoms with Crippen molar-refractivity contribution >= 4 is 17.9 Å². The summed E-state index contributed by atoms with van der Waals surface area (Å²) in [5.74, 6) is -3.93. The largest absolute Gasteiger partial charge is 1.00 e. The standard InChI is InChI=1S/C4H6O5.C2H4O2.Na/c5-2(4(8)9)1-3(6)7;1-2(3)4;/h2,5H,1H2,(H,6,7)(H,8,9);1H3,(H,3,4);/q;;+1/p-1. The van der Waals surface area contributed by atoms with E-state index in [2.05, 4.69) is 0 Å². The number of carbonyl (C=O) groups excluding carboxylic acids is 1. The molecule has 7 nitrogen and oxygen atoms in total. The zero-order chi connectivity index (χ0) is 11.0. The van der Waals surface area contributed by atoms with Crippen LogP contribution in [-0.4, -0.2) is 39.3 Å². The minimum absolute atomic E-state index is 0. The summed E-state index contributed by atoms with van der Waals surface area (Å²) in [7, 11) is 0. The molecule has 1 unspecified atom stereocenters. The molecule has 0 saturated heterocycles. The Hall–Kier alpha value is -0.630. The third kappa shape index (κ3) is 22.5. The minimum atomic E-state index is -1.79. The van der Waals surface area contributed by atoms with Crippen LogP contribution in [0.1, 0.15) is 13.3 Å². The molecule has 1 atom stereocenters. The molecule has 0 aliphatic heterocycles. The van der Waals surface area contributed by atoms with Gasteiger partial charge in [0, 0.05) is 5.97 Å². The Morgan fingerprint density at radius 3 is 1.64 bits per heavy atom. The first-order valence-corrected chi connectivity index (χ1v) is 3.07. The van der Waals surface area contributed by atoms with Crippen molar-refractivity contribution < 1.29 is 64.4 Å². The van der Waals surface area contributed by atoms with Crippen molar-refractivity contribution in [1.82, 2.24) is 0 Å². The average Bonchev–Trinajstić information content (AvgIpc) is 1.83. The molecule has 0 saturated carbocycles. The summed E-state index contributed by atoms with van der Waals surface area (Å²) in [6, 6.07) is 0. The number of rotatable bonds is 3. The predicted octanol–water partition coefficient (Wildman–Crippen LogP) is -5.33. The van der Waals surface area contributed by atoms with Gasteiger partial charge in [-0.25, -0.2) is 4.79 Å². The maximum absolute atomic E-state index is 9.72. The van der Waals surface area contributed by atoms with Gasteiger partial charge in [0.25, 0.3) is 0 Å². The van der Waals surface area contributed by atoms with Gasteiger partial charge in [-0.2, -0.15) is 0 Å². The van der Waals surface area contributed by atoms with E-state index in [0.717, 1.165) is 6.92 Å². The molecule has 0 bridgehead atoms. The summed E-state index contributed by atoms with van der Waals surface area (Å²) in [4.78, 5) is 28.3. The van der Waals surface area contributed by atoms with Gasteiger partial charge in [0.05, 0.1) is 6.42 Å². The SMILES string of the molecule is CC(=O)[O-].O=C(O)CC(O)C(=O)O.[Na+]. The van der Waals surface area contributed by atoms with Crippen molar-refractivity contribution in [3.63, 3.8) is 0 Å². The van der Waals surface area contributed by atoms with E-state index in [1.807, 2.05) is 0 Å². The van der Waals surface area contributed by atoms with Crippen LogP contribution in [0.2, 0.25) is 0 Å². The smallest absolute Gasteiger partial charge is 0.550 e. The Bertz CT molecular complexity index is 198. The summed E-state index contributed by atoms with van der Waals surface area (Å²) in [5.41, 5.74) is 0. The van der Waals surface area contributed by atoms with Crippen LogP contribution in [0.3, 0.4) is 0 Å². The van der Waals surface area contributed by atoms with Crippen LogP contribution in [0, 0.1) is 0 Å². The number of aliphatic hydroxyl groups is 1. The molecule has 0 aromatic carbocycles. The molecule has 0 aromatic heterocycles. The maximum Gasteiger partial charge on any atom is 1.00 e. The van der Waals surface area contributed by atoms with Crippen LogP contribution >= 0.6 is 0 Å². The van der Waals surface area contributed by atoms with Crippen LogP contribution in [0.15, 0.2) is 0 Å². The molecule has 14 heavy (non-hydrogen) atoms. The molecular weight excluding hydrogens is 207 g/mol. The summed E-state index contributed by atoms with van der Waals surface area (Å²) < 4.78 is 0. The Labute approximate surface area is 102 Å². The molecule has 0 heterocycles. The summed E-state index contributed by atoms with van der Waals surface area (Å²) in [6.45, 7) is 0.972. The van der Waals surface area contributed by atoms with Gasteiger partial charge in [-0.3, -0.25) is 4.79 Å². The molecule has 0 aromatic rings. The first kappa shape index (κ1) is 19.0. The fraction of sp³-hybridized carbons (Fsp3) is 0.500. The molecule has 3 N–H and O–H groups in total. The van der Waals surface area contributed by atoms with Crippen LogP contribution in [-0.2, 0) is 14.4 Å². The normalized spacial score (nSPS) is 9.86. The number of carboxylic acids is 3. The first-order chi connectivity index (χ1) is 5.77. The van der Waals surface area contributed by atoms with E-state index in [1.54, 1.807) is 0 Å². The molecule has 0 aliphatic carbocycles. The van der Waals surface area contributed by atoms with E-state index in [-0.39, 0.29) is 29.6 Å². The topological polar surface area (TPSA) is 135 Å². The van der Waals surface area contributed by atoms with Crippen LogP contribution in [0.25, 0.3) is 0 Å². The van der Waals surface area contributed by atoms with Crippen molar-refractivity contribution in [1.29, 1.82) is 0 Å². The van der Waals surface area contributed by atoms with Crippen molar-refractivity contribution in [3.8, 4) is 0 Å². The van der Waals surface area contributed by atoms with Gasteiger partial charge in [0.1, 0.15) is 0 Å². The van der Waals surface area contributed by atoms with E-state index >= 15 is 0 Å². The molecule has 76 valence electrons. The van der Waals surface area contributed by atoms with Crippen LogP contribution < -0.4 is 34.7 Å².